The molecule has 0 spiro atoms. The molecule has 3 heteroatoms. The van der Waals surface area contributed by atoms with Gasteiger partial charge in [0, 0.05) is 21.2 Å². The molecule has 2 fully saturated rings. The molecule has 0 amide bonds. The molecular weight excluding hydrogens is 362 g/mol. The molecule has 2 aliphatic carbocycles. The number of aromatic nitrogens is 1. The normalized spacial score (nSPS) is 22.5. The number of thiophene rings is 1. The second-order valence-electron chi connectivity index (χ2n) is 8.47. The number of pyridine rings is 1. The van der Waals surface area contributed by atoms with Crippen molar-refractivity contribution in [1.29, 1.82) is 0 Å². The van der Waals surface area contributed by atoms with Gasteiger partial charge in [-0.3, -0.25) is 4.79 Å². The molecule has 0 N–H and O–H groups in total. The molecule has 28 heavy (non-hydrogen) atoms. The summed E-state index contributed by atoms with van der Waals surface area (Å²) < 4.78 is 1.38. The SMILES string of the molecule is CCc1ccc(C2CC2)c(C(=O)C2CCC(c3cc4ccccc4s3)CC2)n1. The standard InChI is InChI=1S/C25H27NOS/c1-2-20-13-14-21(16-7-8-16)24(26-20)25(27)18-11-9-17(10-12-18)23-15-19-5-3-4-6-22(19)28-23/h3-6,13-18H,2,7-12H2,1H3. The van der Waals surface area contributed by atoms with Crippen molar-refractivity contribution in [3.63, 3.8) is 0 Å². The van der Waals surface area contributed by atoms with Crippen LogP contribution in [0, 0.1) is 5.92 Å². The van der Waals surface area contributed by atoms with E-state index < -0.39 is 0 Å². The number of ketones is 1. The third kappa shape index (κ3) is 3.41. The van der Waals surface area contributed by atoms with Crippen molar-refractivity contribution in [2.45, 2.75) is 63.7 Å². The minimum atomic E-state index is 0.155. The Morgan fingerprint density at radius 3 is 2.46 bits per heavy atom. The first-order valence-corrected chi connectivity index (χ1v) is 11.6. The number of benzene rings is 1. The molecule has 2 nitrogen and oxygen atoms in total. The Hall–Kier alpha value is -2.00. The van der Waals surface area contributed by atoms with E-state index in [0.29, 0.717) is 17.6 Å². The molecule has 3 aromatic rings. The van der Waals surface area contributed by atoms with Crippen LogP contribution >= 0.6 is 11.3 Å². The van der Waals surface area contributed by atoms with Crippen LogP contribution in [0.1, 0.15) is 83.9 Å². The summed E-state index contributed by atoms with van der Waals surface area (Å²) in [5, 5.41) is 1.36. The summed E-state index contributed by atoms with van der Waals surface area (Å²) in [6.45, 7) is 2.11. The third-order valence-corrected chi connectivity index (χ3v) is 7.82. The zero-order valence-corrected chi connectivity index (χ0v) is 17.3. The number of rotatable bonds is 5. The Bertz CT molecular complexity index is 975. The van der Waals surface area contributed by atoms with E-state index >= 15 is 0 Å². The number of aryl methyl sites for hydroxylation is 1. The number of carbonyl (C=O) groups excluding carboxylic acids is 1. The fraction of sp³-hybridized carbons (Fsp3) is 0.440. The maximum atomic E-state index is 13.3. The lowest BCUT2D eigenvalue weighted by atomic mass is 9.78. The highest BCUT2D eigenvalue weighted by Crippen LogP contribution is 2.44. The van der Waals surface area contributed by atoms with E-state index in [-0.39, 0.29) is 5.92 Å². The van der Waals surface area contributed by atoms with Crippen LogP contribution in [0.2, 0.25) is 0 Å². The van der Waals surface area contributed by atoms with Gasteiger partial charge in [-0.05, 0) is 85.9 Å². The number of Topliss-reactive ketones (excluding diaryl/α,β-unsaturated/α-hetero) is 1. The van der Waals surface area contributed by atoms with Crippen molar-refractivity contribution in [2.75, 3.05) is 0 Å². The minimum Gasteiger partial charge on any atom is -0.292 e. The van der Waals surface area contributed by atoms with Crippen LogP contribution in [0.3, 0.4) is 0 Å². The van der Waals surface area contributed by atoms with Gasteiger partial charge < -0.3 is 0 Å². The summed E-state index contributed by atoms with van der Waals surface area (Å²) in [7, 11) is 0. The van der Waals surface area contributed by atoms with Gasteiger partial charge in [0.2, 0.25) is 0 Å². The van der Waals surface area contributed by atoms with Crippen molar-refractivity contribution < 1.29 is 4.79 Å². The molecule has 0 aliphatic heterocycles. The summed E-state index contributed by atoms with van der Waals surface area (Å²) in [6, 6.07) is 15.3. The molecule has 0 radical (unpaired) electrons. The second-order valence-corrected chi connectivity index (χ2v) is 9.58. The van der Waals surface area contributed by atoms with Gasteiger partial charge in [0.25, 0.3) is 0 Å². The number of hydrogen-bond donors (Lipinski definition) is 0. The molecule has 0 unspecified atom stereocenters. The van der Waals surface area contributed by atoms with Gasteiger partial charge >= 0.3 is 0 Å². The Kier molecular flexibility index (Phi) is 4.80. The molecule has 2 heterocycles. The number of hydrogen-bond acceptors (Lipinski definition) is 3. The summed E-state index contributed by atoms with van der Waals surface area (Å²) in [5.41, 5.74) is 3.06. The first-order chi connectivity index (χ1) is 13.7. The summed E-state index contributed by atoms with van der Waals surface area (Å²) in [4.78, 5) is 19.6. The fourth-order valence-electron chi connectivity index (χ4n) is 4.67. The molecular formula is C25H27NOS. The average Bonchev–Trinajstić information content (AvgIpc) is 3.50. The lowest BCUT2D eigenvalue weighted by Crippen LogP contribution is -2.23. The van der Waals surface area contributed by atoms with Crippen LogP contribution < -0.4 is 0 Å². The van der Waals surface area contributed by atoms with E-state index in [4.69, 9.17) is 4.98 Å². The molecule has 0 bridgehead atoms. The lowest BCUT2D eigenvalue weighted by molar-refractivity contribution is 0.0877. The minimum absolute atomic E-state index is 0.155. The Labute approximate surface area is 171 Å². The first-order valence-electron chi connectivity index (χ1n) is 10.8. The van der Waals surface area contributed by atoms with Crippen LogP contribution in [0.25, 0.3) is 10.1 Å². The van der Waals surface area contributed by atoms with Gasteiger partial charge in [-0.15, -0.1) is 11.3 Å². The van der Waals surface area contributed by atoms with Gasteiger partial charge in [-0.25, -0.2) is 4.98 Å². The van der Waals surface area contributed by atoms with Crippen molar-refractivity contribution in [3.05, 3.63) is 64.3 Å². The zero-order chi connectivity index (χ0) is 19.1. The molecule has 5 rings (SSSR count). The lowest BCUT2D eigenvalue weighted by Gasteiger charge is -2.27. The molecule has 0 atom stereocenters. The number of fused-ring (bicyclic) bond motifs is 1. The molecule has 2 saturated carbocycles. The predicted molar refractivity (Wildman–Crippen MR) is 116 cm³/mol. The second kappa shape index (κ2) is 7.44. The van der Waals surface area contributed by atoms with Gasteiger partial charge in [0.15, 0.2) is 5.78 Å². The summed E-state index contributed by atoms with van der Waals surface area (Å²) >= 11 is 1.93. The predicted octanol–water partition coefficient (Wildman–Crippen LogP) is 6.89. The van der Waals surface area contributed by atoms with Crippen molar-refractivity contribution in [2.24, 2.45) is 5.92 Å². The van der Waals surface area contributed by atoms with E-state index in [1.165, 1.54) is 33.4 Å². The van der Waals surface area contributed by atoms with E-state index in [1.54, 1.807) is 0 Å². The number of nitrogens with zero attached hydrogens (tertiary/aromatic N) is 1. The van der Waals surface area contributed by atoms with Crippen LogP contribution in [0.15, 0.2) is 42.5 Å². The Balaban J connectivity index is 1.32. The highest BCUT2D eigenvalue weighted by Gasteiger charge is 2.34. The molecule has 2 aromatic heterocycles. The van der Waals surface area contributed by atoms with Crippen LogP contribution in [-0.4, -0.2) is 10.8 Å². The summed E-state index contributed by atoms with van der Waals surface area (Å²) in [5.74, 6) is 1.65. The third-order valence-electron chi connectivity index (χ3n) is 6.54. The highest BCUT2D eigenvalue weighted by molar-refractivity contribution is 7.19. The van der Waals surface area contributed by atoms with E-state index in [0.717, 1.165) is 43.5 Å². The monoisotopic (exact) mass is 389 g/mol. The topological polar surface area (TPSA) is 30.0 Å². The van der Waals surface area contributed by atoms with Gasteiger partial charge in [-0.2, -0.15) is 0 Å². The van der Waals surface area contributed by atoms with Crippen molar-refractivity contribution in [3.8, 4) is 0 Å². The summed E-state index contributed by atoms with van der Waals surface area (Å²) in [6.07, 6.45) is 7.56. The van der Waals surface area contributed by atoms with Crippen molar-refractivity contribution in [1.82, 2.24) is 4.98 Å². The Morgan fingerprint density at radius 2 is 1.75 bits per heavy atom. The maximum absolute atomic E-state index is 13.3. The van der Waals surface area contributed by atoms with Gasteiger partial charge in [0.1, 0.15) is 5.69 Å². The molecule has 1 aromatic carbocycles. The largest absolute Gasteiger partial charge is 0.292 e. The van der Waals surface area contributed by atoms with Gasteiger partial charge in [-0.1, -0.05) is 31.2 Å². The van der Waals surface area contributed by atoms with E-state index in [2.05, 4.69) is 49.4 Å². The average molecular weight is 390 g/mol. The zero-order valence-electron chi connectivity index (χ0n) is 16.5. The smallest absolute Gasteiger partial charge is 0.184 e. The van der Waals surface area contributed by atoms with Crippen LogP contribution in [0.4, 0.5) is 0 Å². The maximum Gasteiger partial charge on any atom is 0.184 e. The molecule has 0 saturated heterocycles. The quantitative estimate of drug-likeness (QED) is 0.445. The number of carbonyl (C=O) groups is 1. The van der Waals surface area contributed by atoms with Crippen LogP contribution in [0.5, 0.6) is 0 Å². The first kappa shape index (κ1) is 18.1. The Morgan fingerprint density at radius 1 is 1.00 bits per heavy atom. The highest BCUT2D eigenvalue weighted by atomic mass is 32.1. The van der Waals surface area contributed by atoms with E-state index in [9.17, 15) is 4.79 Å². The van der Waals surface area contributed by atoms with Crippen LogP contribution in [-0.2, 0) is 6.42 Å². The molecule has 144 valence electrons. The van der Waals surface area contributed by atoms with Gasteiger partial charge in [0.05, 0.1) is 0 Å². The van der Waals surface area contributed by atoms with E-state index in [1.807, 2.05) is 11.3 Å². The fourth-order valence-corrected chi connectivity index (χ4v) is 5.90. The molecule has 2 aliphatic rings. The van der Waals surface area contributed by atoms with Crippen molar-refractivity contribution >= 4 is 27.2 Å².